The molecule has 1 N–H and O–H groups in total. The fourth-order valence-corrected chi connectivity index (χ4v) is 3.33. The standard InChI is InChI=1S/C15H20BrFO2/c1-13(2)9-15(18,14(3,4)19-13)8-10-5-6-11(16)7-12(10)17/h5-7,18H,8-9H2,1-4H3. The second kappa shape index (κ2) is 4.54. The molecule has 0 radical (unpaired) electrons. The summed E-state index contributed by atoms with van der Waals surface area (Å²) in [5, 5.41) is 10.9. The molecule has 106 valence electrons. The molecule has 0 aromatic heterocycles. The first-order valence-corrected chi connectivity index (χ1v) is 7.21. The lowest BCUT2D eigenvalue weighted by Gasteiger charge is -2.35. The first-order valence-electron chi connectivity index (χ1n) is 6.41. The molecule has 1 aromatic carbocycles. The Labute approximate surface area is 122 Å². The van der Waals surface area contributed by atoms with Crippen LogP contribution in [0.3, 0.4) is 0 Å². The van der Waals surface area contributed by atoms with Gasteiger partial charge in [-0.1, -0.05) is 22.0 Å². The molecule has 1 heterocycles. The van der Waals surface area contributed by atoms with Crippen molar-refractivity contribution in [3.63, 3.8) is 0 Å². The van der Waals surface area contributed by atoms with Gasteiger partial charge in [-0.25, -0.2) is 4.39 Å². The minimum Gasteiger partial charge on any atom is -0.386 e. The van der Waals surface area contributed by atoms with E-state index in [9.17, 15) is 9.50 Å². The Hall–Kier alpha value is -0.450. The third-order valence-electron chi connectivity index (χ3n) is 3.87. The predicted octanol–water partition coefficient (Wildman–Crippen LogP) is 3.84. The van der Waals surface area contributed by atoms with Gasteiger partial charge in [-0.05, 0) is 45.4 Å². The van der Waals surface area contributed by atoms with Gasteiger partial charge in [0.25, 0.3) is 0 Å². The van der Waals surface area contributed by atoms with Gasteiger partial charge >= 0.3 is 0 Å². The van der Waals surface area contributed by atoms with Crippen LogP contribution < -0.4 is 0 Å². The molecule has 1 unspecified atom stereocenters. The lowest BCUT2D eigenvalue weighted by atomic mass is 9.78. The normalized spacial score (nSPS) is 28.6. The van der Waals surface area contributed by atoms with Crippen molar-refractivity contribution in [1.82, 2.24) is 0 Å². The highest BCUT2D eigenvalue weighted by atomic mass is 79.9. The molecule has 0 spiro atoms. The van der Waals surface area contributed by atoms with Crippen LogP contribution >= 0.6 is 15.9 Å². The van der Waals surface area contributed by atoms with E-state index in [2.05, 4.69) is 15.9 Å². The van der Waals surface area contributed by atoms with Crippen LogP contribution in [0.2, 0.25) is 0 Å². The Kier molecular flexibility index (Phi) is 3.57. The highest BCUT2D eigenvalue weighted by molar-refractivity contribution is 9.10. The average molecular weight is 331 g/mol. The van der Waals surface area contributed by atoms with Gasteiger partial charge in [-0.2, -0.15) is 0 Å². The molecular formula is C15H20BrFO2. The first-order chi connectivity index (χ1) is 8.55. The lowest BCUT2D eigenvalue weighted by molar-refractivity contribution is -0.125. The van der Waals surface area contributed by atoms with E-state index in [1.54, 1.807) is 12.1 Å². The van der Waals surface area contributed by atoms with Crippen LogP contribution in [0.15, 0.2) is 22.7 Å². The molecule has 0 bridgehead atoms. The van der Waals surface area contributed by atoms with E-state index >= 15 is 0 Å². The van der Waals surface area contributed by atoms with Crippen LogP contribution in [0, 0.1) is 5.82 Å². The van der Waals surface area contributed by atoms with Gasteiger partial charge in [0, 0.05) is 17.3 Å². The smallest absolute Gasteiger partial charge is 0.127 e. The largest absolute Gasteiger partial charge is 0.386 e. The summed E-state index contributed by atoms with van der Waals surface area (Å²) in [7, 11) is 0. The predicted molar refractivity (Wildman–Crippen MR) is 76.6 cm³/mol. The van der Waals surface area contributed by atoms with Gasteiger partial charge in [0.05, 0.1) is 16.8 Å². The lowest BCUT2D eigenvalue weighted by Crippen LogP contribution is -2.48. The molecular weight excluding hydrogens is 311 g/mol. The average Bonchev–Trinajstić information content (AvgIpc) is 2.35. The summed E-state index contributed by atoms with van der Waals surface area (Å²) in [5.74, 6) is -0.302. The van der Waals surface area contributed by atoms with E-state index < -0.39 is 16.8 Å². The number of benzene rings is 1. The first kappa shape index (κ1) is 14.9. The van der Waals surface area contributed by atoms with Crippen LogP contribution in [0.5, 0.6) is 0 Å². The van der Waals surface area contributed by atoms with Gasteiger partial charge in [-0.15, -0.1) is 0 Å². The van der Waals surface area contributed by atoms with Crippen LogP contribution in [0.4, 0.5) is 4.39 Å². The van der Waals surface area contributed by atoms with Gasteiger partial charge in [0.15, 0.2) is 0 Å². The van der Waals surface area contributed by atoms with Crippen LogP contribution in [0.1, 0.15) is 39.7 Å². The maximum Gasteiger partial charge on any atom is 0.127 e. The zero-order valence-electron chi connectivity index (χ0n) is 11.8. The Bertz CT molecular complexity index is 499. The minimum absolute atomic E-state index is 0.253. The fraction of sp³-hybridized carbons (Fsp3) is 0.600. The highest BCUT2D eigenvalue weighted by Crippen LogP contribution is 2.46. The summed E-state index contributed by atoms with van der Waals surface area (Å²) in [4.78, 5) is 0. The van der Waals surface area contributed by atoms with Crippen LogP contribution in [-0.2, 0) is 11.2 Å². The van der Waals surface area contributed by atoms with Crippen LogP contribution in [0.25, 0.3) is 0 Å². The molecule has 1 aliphatic heterocycles. The molecule has 4 heteroatoms. The van der Waals surface area contributed by atoms with Crippen molar-refractivity contribution in [3.05, 3.63) is 34.1 Å². The topological polar surface area (TPSA) is 29.5 Å². The molecule has 1 aliphatic rings. The zero-order chi connectivity index (χ0) is 14.5. The third kappa shape index (κ3) is 2.86. The maximum absolute atomic E-state index is 13.9. The van der Waals surface area contributed by atoms with Gasteiger partial charge in [0.2, 0.25) is 0 Å². The summed E-state index contributed by atoms with van der Waals surface area (Å²) in [5.41, 5.74) is -1.65. The molecule has 2 rings (SSSR count). The Balaban J connectivity index is 2.31. The molecule has 1 aromatic rings. The van der Waals surface area contributed by atoms with E-state index in [1.165, 1.54) is 6.07 Å². The Morgan fingerprint density at radius 2 is 1.95 bits per heavy atom. The zero-order valence-corrected chi connectivity index (χ0v) is 13.3. The molecule has 1 fully saturated rings. The van der Waals surface area contributed by atoms with E-state index in [1.807, 2.05) is 27.7 Å². The van der Waals surface area contributed by atoms with E-state index in [4.69, 9.17) is 4.74 Å². The Morgan fingerprint density at radius 3 is 2.42 bits per heavy atom. The van der Waals surface area contributed by atoms with E-state index in [0.29, 0.717) is 16.5 Å². The molecule has 0 amide bonds. The van der Waals surface area contributed by atoms with Crippen molar-refractivity contribution < 1.29 is 14.2 Å². The molecule has 1 atom stereocenters. The van der Waals surface area contributed by atoms with Crippen molar-refractivity contribution in [2.45, 2.75) is 57.3 Å². The van der Waals surface area contributed by atoms with Crippen molar-refractivity contribution >= 4 is 15.9 Å². The summed E-state index contributed by atoms with van der Waals surface area (Å²) < 4.78 is 20.5. The van der Waals surface area contributed by atoms with Crippen molar-refractivity contribution in [1.29, 1.82) is 0 Å². The van der Waals surface area contributed by atoms with E-state index in [0.717, 1.165) is 0 Å². The van der Waals surface area contributed by atoms with Crippen molar-refractivity contribution in [3.8, 4) is 0 Å². The van der Waals surface area contributed by atoms with Crippen LogP contribution in [-0.4, -0.2) is 21.9 Å². The second-order valence-corrected chi connectivity index (χ2v) is 7.41. The number of hydrogen-bond donors (Lipinski definition) is 1. The maximum atomic E-state index is 13.9. The number of rotatable bonds is 2. The fourth-order valence-electron chi connectivity index (χ4n) is 2.99. The van der Waals surface area contributed by atoms with Crippen molar-refractivity contribution in [2.24, 2.45) is 0 Å². The minimum atomic E-state index is -1.06. The number of hydrogen-bond acceptors (Lipinski definition) is 2. The highest BCUT2D eigenvalue weighted by Gasteiger charge is 2.56. The third-order valence-corrected chi connectivity index (χ3v) is 4.36. The van der Waals surface area contributed by atoms with Gasteiger partial charge in [0.1, 0.15) is 5.82 Å². The summed E-state index contributed by atoms with van der Waals surface area (Å²) in [6.45, 7) is 7.62. The quantitative estimate of drug-likeness (QED) is 0.892. The second-order valence-electron chi connectivity index (χ2n) is 6.49. The molecule has 2 nitrogen and oxygen atoms in total. The Morgan fingerprint density at radius 1 is 1.32 bits per heavy atom. The number of aliphatic hydroxyl groups is 1. The molecule has 1 saturated heterocycles. The number of halogens is 2. The van der Waals surface area contributed by atoms with Gasteiger partial charge < -0.3 is 9.84 Å². The summed E-state index contributed by atoms with van der Waals surface area (Å²) in [6, 6.07) is 4.92. The van der Waals surface area contributed by atoms with E-state index in [-0.39, 0.29) is 12.2 Å². The molecule has 0 aliphatic carbocycles. The molecule has 19 heavy (non-hydrogen) atoms. The van der Waals surface area contributed by atoms with Crippen molar-refractivity contribution in [2.75, 3.05) is 0 Å². The van der Waals surface area contributed by atoms with Gasteiger partial charge in [-0.3, -0.25) is 0 Å². The SMILES string of the molecule is CC1(C)CC(O)(Cc2ccc(Br)cc2F)C(C)(C)O1. The summed E-state index contributed by atoms with van der Waals surface area (Å²) in [6.07, 6.45) is 0.741. The monoisotopic (exact) mass is 330 g/mol. The number of ether oxygens (including phenoxy) is 1. The molecule has 0 saturated carbocycles. The summed E-state index contributed by atoms with van der Waals surface area (Å²) >= 11 is 3.24.